The van der Waals surface area contributed by atoms with Gasteiger partial charge in [-0.25, -0.2) is 0 Å². The third-order valence-electron chi connectivity index (χ3n) is 4.29. The van der Waals surface area contributed by atoms with Crippen molar-refractivity contribution < 1.29 is 5.11 Å². The average Bonchev–Trinajstić information content (AvgIpc) is 2.78. The van der Waals surface area contributed by atoms with E-state index in [4.69, 9.17) is 0 Å². The summed E-state index contributed by atoms with van der Waals surface area (Å²) in [5.41, 5.74) is 0.375. The summed E-state index contributed by atoms with van der Waals surface area (Å²) in [5, 5.41) is 15.0. The molecule has 3 heteroatoms. The van der Waals surface area contributed by atoms with Crippen LogP contribution in [-0.4, -0.2) is 14.9 Å². The lowest BCUT2D eigenvalue weighted by molar-refractivity contribution is -0.0200. The van der Waals surface area contributed by atoms with E-state index < -0.39 is 5.60 Å². The van der Waals surface area contributed by atoms with Crippen LogP contribution in [0.1, 0.15) is 52.0 Å². The van der Waals surface area contributed by atoms with E-state index in [9.17, 15) is 5.11 Å². The van der Waals surface area contributed by atoms with E-state index in [1.54, 1.807) is 0 Å². The largest absolute Gasteiger partial charge is 0.385 e. The van der Waals surface area contributed by atoms with E-state index >= 15 is 0 Å². The molecule has 1 heterocycles. The molecular weight excluding hydrogens is 212 g/mol. The van der Waals surface area contributed by atoms with Crippen molar-refractivity contribution >= 4 is 0 Å². The maximum Gasteiger partial charge on any atom is 0.0927 e. The Morgan fingerprint density at radius 3 is 2.59 bits per heavy atom. The van der Waals surface area contributed by atoms with Gasteiger partial charge in [0.15, 0.2) is 0 Å². The molecule has 96 valence electrons. The van der Waals surface area contributed by atoms with Crippen molar-refractivity contribution in [2.24, 2.45) is 11.8 Å². The second-order valence-corrected chi connectivity index (χ2v) is 5.70. The quantitative estimate of drug-likeness (QED) is 0.876. The number of aliphatic hydroxyl groups is 1. The molecule has 17 heavy (non-hydrogen) atoms. The molecule has 1 aliphatic carbocycles. The Morgan fingerprint density at radius 1 is 1.47 bits per heavy atom. The molecule has 0 atom stereocenters. The third kappa shape index (κ3) is 2.54. The molecule has 2 rings (SSSR count). The van der Waals surface area contributed by atoms with Gasteiger partial charge < -0.3 is 5.11 Å². The minimum absolute atomic E-state index is 0.626. The van der Waals surface area contributed by atoms with Gasteiger partial charge in [0.25, 0.3) is 0 Å². The molecule has 1 fully saturated rings. The summed E-state index contributed by atoms with van der Waals surface area (Å²) < 4.78 is 1.89. The molecule has 0 radical (unpaired) electrons. The maximum atomic E-state index is 10.7. The van der Waals surface area contributed by atoms with Crippen LogP contribution in [0.15, 0.2) is 12.4 Å². The van der Waals surface area contributed by atoms with Crippen molar-refractivity contribution in [3.05, 3.63) is 18.0 Å². The lowest BCUT2D eigenvalue weighted by Gasteiger charge is -2.37. The van der Waals surface area contributed by atoms with E-state index in [1.807, 2.05) is 17.1 Å². The topological polar surface area (TPSA) is 38.0 Å². The van der Waals surface area contributed by atoms with Crippen LogP contribution in [0.3, 0.4) is 0 Å². The molecule has 0 bridgehead atoms. The highest BCUT2D eigenvalue weighted by molar-refractivity contribution is 5.16. The fourth-order valence-electron chi connectivity index (χ4n) is 2.85. The zero-order chi connectivity index (χ0) is 12.5. The number of aryl methyl sites for hydroxylation is 1. The number of rotatable bonds is 3. The Labute approximate surface area is 104 Å². The average molecular weight is 236 g/mol. The summed E-state index contributed by atoms with van der Waals surface area (Å²) in [6.07, 6.45) is 7.85. The van der Waals surface area contributed by atoms with Gasteiger partial charge in [-0.15, -0.1) is 0 Å². The van der Waals surface area contributed by atoms with Crippen molar-refractivity contribution in [1.29, 1.82) is 0 Å². The maximum absolute atomic E-state index is 10.7. The van der Waals surface area contributed by atoms with Gasteiger partial charge in [0.2, 0.25) is 0 Å². The van der Waals surface area contributed by atoms with Gasteiger partial charge in [0, 0.05) is 18.3 Å². The van der Waals surface area contributed by atoms with Gasteiger partial charge in [-0.2, -0.15) is 5.10 Å². The predicted octanol–water partition coefficient (Wildman–Crippen LogP) is 2.94. The highest BCUT2D eigenvalue weighted by Crippen LogP contribution is 2.41. The monoisotopic (exact) mass is 236 g/mol. The van der Waals surface area contributed by atoms with Gasteiger partial charge in [-0.1, -0.05) is 13.8 Å². The van der Waals surface area contributed by atoms with E-state index in [-0.39, 0.29) is 0 Å². The molecule has 1 aromatic rings. The van der Waals surface area contributed by atoms with Crippen LogP contribution in [0.4, 0.5) is 0 Å². The fraction of sp³-hybridized carbons (Fsp3) is 0.786. The van der Waals surface area contributed by atoms with Crippen molar-refractivity contribution in [2.45, 2.75) is 58.6 Å². The number of hydrogen-bond donors (Lipinski definition) is 1. The second kappa shape index (κ2) is 4.81. The summed E-state index contributed by atoms with van der Waals surface area (Å²) in [5.74, 6) is 1.51. The highest BCUT2D eigenvalue weighted by atomic mass is 16.3. The molecule has 0 aliphatic heterocycles. The first kappa shape index (κ1) is 12.6. The van der Waals surface area contributed by atoms with Gasteiger partial charge in [-0.05, 0) is 44.4 Å². The Hall–Kier alpha value is -0.830. The zero-order valence-electron chi connectivity index (χ0n) is 11.2. The summed E-state index contributed by atoms with van der Waals surface area (Å²) >= 11 is 0. The SMILES string of the molecule is CCn1cc(C2(O)CCC(C(C)C)CC2)cn1. The molecule has 1 aliphatic rings. The Bertz CT molecular complexity index is 362. The van der Waals surface area contributed by atoms with Gasteiger partial charge >= 0.3 is 0 Å². The molecule has 1 aromatic heterocycles. The summed E-state index contributed by atoms with van der Waals surface area (Å²) in [4.78, 5) is 0. The van der Waals surface area contributed by atoms with Gasteiger partial charge in [-0.3, -0.25) is 4.68 Å². The molecule has 1 N–H and O–H groups in total. The van der Waals surface area contributed by atoms with E-state index in [0.717, 1.165) is 49.6 Å². The fourth-order valence-corrected chi connectivity index (χ4v) is 2.85. The third-order valence-corrected chi connectivity index (χ3v) is 4.29. The Kier molecular flexibility index (Phi) is 3.57. The van der Waals surface area contributed by atoms with Crippen molar-refractivity contribution in [2.75, 3.05) is 0 Å². The van der Waals surface area contributed by atoms with Crippen LogP contribution in [0, 0.1) is 11.8 Å². The van der Waals surface area contributed by atoms with Crippen molar-refractivity contribution in [3.63, 3.8) is 0 Å². The van der Waals surface area contributed by atoms with Crippen LogP contribution >= 0.6 is 0 Å². The Balaban J connectivity index is 2.06. The molecule has 1 saturated carbocycles. The summed E-state index contributed by atoms with van der Waals surface area (Å²) in [6, 6.07) is 0. The van der Waals surface area contributed by atoms with Crippen molar-refractivity contribution in [3.8, 4) is 0 Å². The molecule has 0 aromatic carbocycles. The number of hydrogen-bond acceptors (Lipinski definition) is 2. The molecule has 0 unspecified atom stereocenters. The second-order valence-electron chi connectivity index (χ2n) is 5.70. The van der Waals surface area contributed by atoms with Crippen LogP contribution in [0.2, 0.25) is 0 Å². The smallest absolute Gasteiger partial charge is 0.0927 e. The highest BCUT2D eigenvalue weighted by Gasteiger charge is 2.36. The number of aromatic nitrogens is 2. The zero-order valence-corrected chi connectivity index (χ0v) is 11.2. The van der Waals surface area contributed by atoms with Crippen LogP contribution in [0.5, 0.6) is 0 Å². The normalized spacial score (nSPS) is 29.8. The van der Waals surface area contributed by atoms with Gasteiger partial charge in [0.05, 0.1) is 11.8 Å². The molecule has 0 saturated heterocycles. The van der Waals surface area contributed by atoms with Gasteiger partial charge in [0.1, 0.15) is 0 Å². The van der Waals surface area contributed by atoms with E-state index in [0.29, 0.717) is 0 Å². The molecule has 0 amide bonds. The lowest BCUT2D eigenvalue weighted by Crippen LogP contribution is -2.32. The minimum Gasteiger partial charge on any atom is -0.385 e. The molecule has 0 spiro atoms. The summed E-state index contributed by atoms with van der Waals surface area (Å²) in [6.45, 7) is 7.50. The first-order valence-electron chi connectivity index (χ1n) is 6.80. The molecular formula is C14H24N2O. The van der Waals surface area contributed by atoms with E-state index in [1.165, 1.54) is 0 Å². The van der Waals surface area contributed by atoms with Crippen molar-refractivity contribution in [1.82, 2.24) is 9.78 Å². The standard InChI is InChI=1S/C14H24N2O/c1-4-16-10-13(9-15-16)14(17)7-5-12(6-8-14)11(2)3/h9-12,17H,4-8H2,1-3H3. The molecule has 3 nitrogen and oxygen atoms in total. The number of nitrogens with zero attached hydrogens (tertiary/aromatic N) is 2. The minimum atomic E-state index is -0.626. The Morgan fingerprint density at radius 2 is 2.12 bits per heavy atom. The predicted molar refractivity (Wildman–Crippen MR) is 68.6 cm³/mol. The summed E-state index contributed by atoms with van der Waals surface area (Å²) in [7, 11) is 0. The first-order chi connectivity index (χ1) is 8.05. The first-order valence-corrected chi connectivity index (χ1v) is 6.80. The lowest BCUT2D eigenvalue weighted by atomic mass is 9.72. The van der Waals surface area contributed by atoms with E-state index in [2.05, 4.69) is 25.9 Å². The van der Waals surface area contributed by atoms with Crippen LogP contribution < -0.4 is 0 Å². The van der Waals surface area contributed by atoms with Crippen LogP contribution in [-0.2, 0) is 12.1 Å². The van der Waals surface area contributed by atoms with Crippen LogP contribution in [0.25, 0.3) is 0 Å².